The van der Waals surface area contributed by atoms with E-state index in [9.17, 15) is 4.79 Å². The zero-order valence-electron chi connectivity index (χ0n) is 10.9. The van der Waals surface area contributed by atoms with Gasteiger partial charge in [0.1, 0.15) is 0 Å². The summed E-state index contributed by atoms with van der Waals surface area (Å²) in [6.07, 6.45) is 0.711. The van der Waals surface area contributed by atoms with E-state index in [-0.39, 0.29) is 17.9 Å². The first-order chi connectivity index (χ1) is 8.69. The lowest BCUT2D eigenvalue weighted by molar-refractivity contribution is -0.123. The maximum Gasteiger partial charge on any atom is 0.227 e. The van der Waals surface area contributed by atoms with Gasteiger partial charge in [0.05, 0.1) is 18.6 Å². The zero-order chi connectivity index (χ0) is 13.4. The topological polar surface area (TPSA) is 38.3 Å². The van der Waals surface area contributed by atoms with Crippen molar-refractivity contribution in [3.8, 4) is 0 Å². The van der Waals surface area contributed by atoms with Gasteiger partial charge in [0.25, 0.3) is 0 Å². The lowest BCUT2D eigenvalue weighted by atomic mass is 10.00. The average molecular weight is 270 g/mol. The maximum atomic E-state index is 12.1. The molecule has 1 N–H and O–H groups in total. The van der Waals surface area contributed by atoms with Gasteiger partial charge in [0.2, 0.25) is 5.91 Å². The highest BCUT2D eigenvalue weighted by Crippen LogP contribution is 2.14. The van der Waals surface area contributed by atoms with Crippen molar-refractivity contribution in [1.82, 2.24) is 5.32 Å². The Morgan fingerprint density at radius 3 is 2.61 bits per heavy atom. The summed E-state index contributed by atoms with van der Waals surface area (Å²) in [6.45, 7) is 2.38. The first kappa shape index (κ1) is 15.0. The Kier molecular flexibility index (Phi) is 6.76. The molecule has 0 saturated heterocycles. The van der Waals surface area contributed by atoms with Crippen molar-refractivity contribution in [2.24, 2.45) is 0 Å². The third-order valence-corrected chi connectivity index (χ3v) is 3.08. The number of nitrogens with one attached hydrogen (secondary N) is 1. The number of methoxy groups -OCH3 is 1. The van der Waals surface area contributed by atoms with Crippen LogP contribution in [-0.2, 0) is 9.53 Å². The van der Waals surface area contributed by atoms with Crippen LogP contribution in [0.3, 0.4) is 0 Å². The van der Waals surface area contributed by atoms with Crippen LogP contribution in [0.5, 0.6) is 0 Å². The molecule has 0 aliphatic heterocycles. The minimum Gasteiger partial charge on any atom is -0.383 e. The zero-order valence-corrected chi connectivity index (χ0v) is 11.6. The van der Waals surface area contributed by atoms with Crippen molar-refractivity contribution >= 4 is 17.5 Å². The first-order valence-electron chi connectivity index (χ1n) is 6.09. The Morgan fingerprint density at radius 2 is 2.06 bits per heavy atom. The molecule has 0 spiro atoms. The van der Waals surface area contributed by atoms with E-state index in [0.717, 1.165) is 5.56 Å². The van der Waals surface area contributed by atoms with Gasteiger partial charge in [0, 0.05) is 13.0 Å². The van der Waals surface area contributed by atoms with E-state index in [4.69, 9.17) is 16.3 Å². The summed E-state index contributed by atoms with van der Waals surface area (Å²) in [5, 5.41) is 2.97. The second-order valence-corrected chi connectivity index (χ2v) is 4.65. The van der Waals surface area contributed by atoms with Gasteiger partial charge >= 0.3 is 0 Å². The third-order valence-electron chi connectivity index (χ3n) is 2.86. The number of carbonyl (C=O) groups is 1. The Morgan fingerprint density at radius 1 is 1.39 bits per heavy atom. The van der Waals surface area contributed by atoms with Crippen molar-refractivity contribution in [1.29, 1.82) is 0 Å². The molecule has 2 atom stereocenters. The fraction of sp³-hybridized carbons (Fsp3) is 0.500. The molecule has 1 aromatic carbocycles. The fourth-order valence-electron chi connectivity index (χ4n) is 1.75. The monoisotopic (exact) mass is 269 g/mol. The molecular weight excluding hydrogens is 250 g/mol. The average Bonchev–Trinajstić information content (AvgIpc) is 2.39. The molecule has 1 amide bonds. The van der Waals surface area contributed by atoms with E-state index in [1.165, 1.54) is 0 Å². The lowest BCUT2D eigenvalue weighted by Gasteiger charge is -2.20. The van der Waals surface area contributed by atoms with E-state index in [1.54, 1.807) is 7.11 Å². The normalized spacial score (nSPS) is 13.9. The van der Waals surface area contributed by atoms with E-state index in [0.29, 0.717) is 18.9 Å². The highest BCUT2D eigenvalue weighted by molar-refractivity contribution is 6.17. The molecule has 2 unspecified atom stereocenters. The summed E-state index contributed by atoms with van der Waals surface area (Å²) >= 11 is 5.71. The molecule has 0 aliphatic carbocycles. The lowest BCUT2D eigenvalue weighted by Crippen LogP contribution is -2.40. The molecule has 18 heavy (non-hydrogen) atoms. The largest absolute Gasteiger partial charge is 0.383 e. The molecule has 3 nitrogen and oxygen atoms in total. The molecule has 1 rings (SSSR count). The van der Waals surface area contributed by atoms with Crippen LogP contribution in [0.25, 0.3) is 0 Å². The van der Waals surface area contributed by atoms with Crippen LogP contribution in [0.2, 0.25) is 0 Å². The number of hydrogen-bond donors (Lipinski definition) is 1. The van der Waals surface area contributed by atoms with Gasteiger partial charge < -0.3 is 10.1 Å². The van der Waals surface area contributed by atoms with E-state index >= 15 is 0 Å². The van der Waals surface area contributed by atoms with Gasteiger partial charge in [-0.3, -0.25) is 4.79 Å². The summed E-state index contributed by atoms with van der Waals surface area (Å²) in [5.41, 5.74) is 1.01. The number of ether oxygens (including phenoxy) is 1. The summed E-state index contributed by atoms with van der Waals surface area (Å²) in [5.74, 6) is 0.350. The van der Waals surface area contributed by atoms with Crippen LogP contribution in [0.1, 0.15) is 24.8 Å². The number of benzene rings is 1. The van der Waals surface area contributed by atoms with Crippen LogP contribution < -0.4 is 5.32 Å². The van der Waals surface area contributed by atoms with Gasteiger partial charge in [0.15, 0.2) is 0 Å². The molecule has 1 aromatic rings. The van der Waals surface area contributed by atoms with Crippen LogP contribution in [0.15, 0.2) is 30.3 Å². The Hall–Kier alpha value is -1.06. The summed E-state index contributed by atoms with van der Waals surface area (Å²) in [6, 6.07) is 9.70. The molecule has 4 heteroatoms. The van der Waals surface area contributed by atoms with Gasteiger partial charge in [-0.1, -0.05) is 30.3 Å². The van der Waals surface area contributed by atoms with Crippen LogP contribution in [-0.4, -0.2) is 31.5 Å². The molecule has 0 bridgehead atoms. The third kappa shape index (κ3) is 4.67. The summed E-state index contributed by atoms with van der Waals surface area (Å²) in [4.78, 5) is 12.1. The van der Waals surface area contributed by atoms with Gasteiger partial charge in [-0.15, -0.1) is 11.6 Å². The van der Waals surface area contributed by atoms with E-state index < -0.39 is 0 Å². The van der Waals surface area contributed by atoms with Gasteiger partial charge in [-0.05, 0) is 18.9 Å². The number of rotatable bonds is 7. The number of alkyl halides is 1. The van der Waals surface area contributed by atoms with E-state index in [2.05, 4.69) is 5.32 Å². The SMILES string of the molecule is COCC(CCCl)NC(=O)C(C)c1ccccc1. The van der Waals surface area contributed by atoms with Gasteiger partial charge in [-0.2, -0.15) is 0 Å². The van der Waals surface area contributed by atoms with Crippen LogP contribution in [0, 0.1) is 0 Å². The fourth-order valence-corrected chi connectivity index (χ4v) is 2.01. The van der Waals surface area contributed by atoms with Crippen molar-refractivity contribution in [2.45, 2.75) is 25.3 Å². The first-order valence-corrected chi connectivity index (χ1v) is 6.62. The molecule has 0 aliphatic rings. The number of hydrogen-bond acceptors (Lipinski definition) is 2. The van der Waals surface area contributed by atoms with Gasteiger partial charge in [-0.25, -0.2) is 0 Å². The number of amides is 1. The second-order valence-electron chi connectivity index (χ2n) is 4.27. The molecule has 0 radical (unpaired) electrons. The smallest absolute Gasteiger partial charge is 0.227 e. The highest BCUT2D eigenvalue weighted by atomic mass is 35.5. The van der Waals surface area contributed by atoms with Crippen molar-refractivity contribution in [3.63, 3.8) is 0 Å². The van der Waals surface area contributed by atoms with Crippen LogP contribution in [0.4, 0.5) is 0 Å². The Labute approximate surface area is 113 Å². The Bertz CT molecular complexity index is 350. The van der Waals surface area contributed by atoms with Crippen molar-refractivity contribution in [3.05, 3.63) is 35.9 Å². The molecule has 0 aromatic heterocycles. The Balaban J connectivity index is 2.58. The van der Waals surface area contributed by atoms with Crippen molar-refractivity contribution < 1.29 is 9.53 Å². The minimum atomic E-state index is -0.166. The minimum absolute atomic E-state index is 0.00775. The summed E-state index contributed by atoms with van der Waals surface area (Å²) in [7, 11) is 1.62. The number of halogens is 1. The predicted octanol–water partition coefficient (Wildman–Crippen LogP) is 2.55. The molecule has 0 fully saturated rings. The predicted molar refractivity (Wildman–Crippen MR) is 74.0 cm³/mol. The summed E-state index contributed by atoms with van der Waals surface area (Å²) < 4.78 is 5.07. The maximum absolute atomic E-state index is 12.1. The quantitative estimate of drug-likeness (QED) is 0.773. The molecular formula is C14H20ClNO2. The molecule has 0 saturated carbocycles. The standard InChI is InChI=1S/C14H20ClNO2/c1-11(12-6-4-3-5-7-12)14(17)16-13(8-9-15)10-18-2/h3-7,11,13H,8-10H2,1-2H3,(H,16,17). The number of carbonyl (C=O) groups excluding carboxylic acids is 1. The molecule has 0 heterocycles. The van der Waals surface area contributed by atoms with E-state index in [1.807, 2.05) is 37.3 Å². The second kappa shape index (κ2) is 8.11. The highest BCUT2D eigenvalue weighted by Gasteiger charge is 2.18. The molecule has 100 valence electrons. The van der Waals surface area contributed by atoms with Crippen LogP contribution >= 0.6 is 11.6 Å². The van der Waals surface area contributed by atoms with Crippen molar-refractivity contribution in [2.75, 3.05) is 19.6 Å².